The number of piperidine rings is 1. The van der Waals surface area contributed by atoms with Gasteiger partial charge < -0.3 is 20.2 Å². The summed E-state index contributed by atoms with van der Waals surface area (Å²) in [4.78, 5) is 26.2. The Hall–Kier alpha value is -1.30. The molecule has 2 amide bonds. The lowest BCUT2D eigenvalue weighted by molar-refractivity contribution is -0.137. The second-order valence-corrected chi connectivity index (χ2v) is 5.48. The molecule has 0 unspecified atom stereocenters. The Morgan fingerprint density at radius 2 is 2.00 bits per heavy atom. The first-order valence-corrected chi connectivity index (χ1v) is 7.46. The number of carboxylic acids is 1. The summed E-state index contributed by atoms with van der Waals surface area (Å²) >= 11 is 0. The number of rotatable bonds is 7. The molecule has 1 saturated heterocycles. The van der Waals surface area contributed by atoms with Gasteiger partial charge in [-0.3, -0.25) is 4.79 Å². The van der Waals surface area contributed by atoms with E-state index < -0.39 is 5.97 Å². The van der Waals surface area contributed by atoms with Crippen molar-refractivity contribution in [2.75, 3.05) is 39.8 Å². The molecule has 6 heteroatoms. The summed E-state index contributed by atoms with van der Waals surface area (Å²) in [7, 11) is 1.71. The molecule has 0 aliphatic carbocycles. The summed E-state index contributed by atoms with van der Waals surface area (Å²) in [6, 6.07) is -0.103. The number of urea groups is 1. The largest absolute Gasteiger partial charge is 0.481 e. The smallest absolute Gasteiger partial charge is 0.317 e. The van der Waals surface area contributed by atoms with Gasteiger partial charge >= 0.3 is 12.0 Å². The van der Waals surface area contributed by atoms with Crippen molar-refractivity contribution >= 4 is 12.0 Å². The van der Waals surface area contributed by atoms with Crippen LogP contribution >= 0.6 is 0 Å². The molecule has 6 nitrogen and oxygen atoms in total. The van der Waals surface area contributed by atoms with Crippen molar-refractivity contribution in [1.82, 2.24) is 15.1 Å². The topological polar surface area (TPSA) is 72.9 Å². The normalized spacial score (nSPS) is 16.9. The number of hydrogen-bond acceptors (Lipinski definition) is 3. The van der Waals surface area contributed by atoms with Gasteiger partial charge in [-0.05, 0) is 44.8 Å². The van der Waals surface area contributed by atoms with Crippen LogP contribution < -0.4 is 5.32 Å². The maximum Gasteiger partial charge on any atom is 0.317 e. The summed E-state index contributed by atoms with van der Waals surface area (Å²) in [5.41, 5.74) is 0. The number of likely N-dealkylation sites (tertiary alicyclic amines) is 1. The maximum absolute atomic E-state index is 11.8. The summed E-state index contributed by atoms with van der Waals surface area (Å²) in [5, 5.41) is 11.5. The Balaban J connectivity index is 2.14. The van der Waals surface area contributed by atoms with Crippen LogP contribution in [-0.2, 0) is 4.79 Å². The molecule has 1 aliphatic rings. The van der Waals surface area contributed by atoms with E-state index in [4.69, 9.17) is 5.11 Å². The number of carbonyl (C=O) groups excluding carboxylic acids is 1. The van der Waals surface area contributed by atoms with Gasteiger partial charge in [0.25, 0.3) is 0 Å². The Bertz CT molecular complexity index is 315. The SMILES string of the molecule is CCN1CCC(CNC(=O)N(C)CCCC(=O)O)CC1. The zero-order chi connectivity index (χ0) is 15.0. The average molecular weight is 285 g/mol. The van der Waals surface area contributed by atoms with Crippen LogP contribution in [0.25, 0.3) is 0 Å². The number of carbonyl (C=O) groups is 2. The van der Waals surface area contributed by atoms with E-state index in [1.54, 1.807) is 11.9 Å². The summed E-state index contributed by atoms with van der Waals surface area (Å²) in [6.07, 6.45) is 2.87. The zero-order valence-corrected chi connectivity index (χ0v) is 12.6. The lowest BCUT2D eigenvalue weighted by Crippen LogP contribution is -2.42. The first kappa shape index (κ1) is 16.8. The molecular formula is C14H27N3O3. The van der Waals surface area contributed by atoms with Crippen LogP contribution in [0.15, 0.2) is 0 Å². The van der Waals surface area contributed by atoms with Crippen LogP contribution in [-0.4, -0.2) is 66.7 Å². The molecule has 20 heavy (non-hydrogen) atoms. The second-order valence-electron chi connectivity index (χ2n) is 5.48. The molecule has 0 bridgehead atoms. The fourth-order valence-electron chi connectivity index (χ4n) is 2.44. The van der Waals surface area contributed by atoms with Crippen molar-refractivity contribution in [3.8, 4) is 0 Å². The zero-order valence-electron chi connectivity index (χ0n) is 12.6. The minimum atomic E-state index is -0.818. The van der Waals surface area contributed by atoms with Crippen molar-refractivity contribution in [3.63, 3.8) is 0 Å². The van der Waals surface area contributed by atoms with Gasteiger partial charge in [0.05, 0.1) is 0 Å². The first-order valence-electron chi connectivity index (χ1n) is 7.46. The van der Waals surface area contributed by atoms with Crippen molar-refractivity contribution < 1.29 is 14.7 Å². The number of nitrogens with one attached hydrogen (secondary N) is 1. The highest BCUT2D eigenvalue weighted by Crippen LogP contribution is 2.15. The van der Waals surface area contributed by atoms with E-state index in [9.17, 15) is 9.59 Å². The van der Waals surface area contributed by atoms with Gasteiger partial charge in [0.2, 0.25) is 0 Å². The molecule has 0 radical (unpaired) electrons. The van der Waals surface area contributed by atoms with Crippen molar-refractivity contribution in [2.24, 2.45) is 5.92 Å². The highest BCUT2D eigenvalue weighted by atomic mass is 16.4. The molecule has 0 saturated carbocycles. The minimum absolute atomic E-state index is 0.103. The van der Waals surface area contributed by atoms with E-state index in [2.05, 4.69) is 17.1 Å². The first-order chi connectivity index (χ1) is 9.52. The Kier molecular flexibility index (Phi) is 7.36. The molecule has 0 aromatic rings. The predicted molar refractivity (Wildman–Crippen MR) is 77.7 cm³/mol. The molecular weight excluding hydrogens is 258 g/mol. The van der Waals surface area contributed by atoms with E-state index in [1.807, 2.05) is 0 Å². The van der Waals surface area contributed by atoms with Crippen molar-refractivity contribution in [1.29, 1.82) is 0 Å². The minimum Gasteiger partial charge on any atom is -0.481 e. The van der Waals surface area contributed by atoms with Gasteiger partial charge in [-0.1, -0.05) is 6.92 Å². The van der Waals surface area contributed by atoms with Gasteiger partial charge in [0.1, 0.15) is 0 Å². The van der Waals surface area contributed by atoms with Crippen LogP contribution in [0.5, 0.6) is 0 Å². The third-order valence-electron chi connectivity index (χ3n) is 3.93. The predicted octanol–water partition coefficient (Wildman–Crippen LogP) is 1.22. The average Bonchev–Trinajstić information content (AvgIpc) is 2.44. The monoisotopic (exact) mass is 285 g/mol. The molecule has 116 valence electrons. The summed E-state index contributed by atoms with van der Waals surface area (Å²) in [5.74, 6) is -0.254. The van der Waals surface area contributed by atoms with Crippen molar-refractivity contribution in [3.05, 3.63) is 0 Å². The lowest BCUT2D eigenvalue weighted by atomic mass is 9.97. The van der Waals surface area contributed by atoms with Gasteiger partial charge in [0.15, 0.2) is 0 Å². The third-order valence-corrected chi connectivity index (χ3v) is 3.93. The van der Waals surface area contributed by atoms with Crippen LogP contribution in [0.3, 0.4) is 0 Å². The van der Waals surface area contributed by atoms with E-state index in [0.29, 0.717) is 18.9 Å². The number of nitrogens with zero attached hydrogens (tertiary/aromatic N) is 2. The van der Waals surface area contributed by atoms with Gasteiger partial charge in [-0.2, -0.15) is 0 Å². The van der Waals surface area contributed by atoms with Gasteiger partial charge in [0, 0.05) is 26.6 Å². The van der Waals surface area contributed by atoms with Crippen molar-refractivity contribution in [2.45, 2.75) is 32.6 Å². The molecule has 1 heterocycles. The summed E-state index contributed by atoms with van der Waals surface area (Å²) in [6.45, 7) is 6.71. The molecule has 1 fully saturated rings. The van der Waals surface area contributed by atoms with Gasteiger partial charge in [-0.25, -0.2) is 4.79 Å². The number of hydrogen-bond donors (Lipinski definition) is 2. The van der Waals surface area contributed by atoms with Crippen LogP contribution in [0, 0.1) is 5.92 Å². The standard InChI is InChI=1S/C14H27N3O3/c1-3-17-9-6-12(7-10-17)11-15-14(20)16(2)8-4-5-13(18)19/h12H,3-11H2,1-2H3,(H,15,20)(H,18,19). The molecule has 0 spiro atoms. The fourth-order valence-corrected chi connectivity index (χ4v) is 2.44. The van der Waals surface area contributed by atoms with E-state index in [1.165, 1.54) is 0 Å². The Labute approximate surface area is 121 Å². The van der Waals surface area contributed by atoms with Crippen LogP contribution in [0.2, 0.25) is 0 Å². The van der Waals surface area contributed by atoms with Gasteiger partial charge in [-0.15, -0.1) is 0 Å². The molecule has 0 aromatic carbocycles. The second kappa shape index (κ2) is 8.79. The molecule has 2 N–H and O–H groups in total. The third kappa shape index (κ3) is 6.23. The molecule has 1 aliphatic heterocycles. The highest BCUT2D eigenvalue weighted by molar-refractivity contribution is 5.73. The van der Waals surface area contributed by atoms with Crippen LogP contribution in [0.4, 0.5) is 4.79 Å². The maximum atomic E-state index is 11.8. The fraction of sp³-hybridized carbons (Fsp3) is 0.857. The number of carboxylic acid groups (broad SMARTS) is 1. The molecule has 1 rings (SSSR count). The van der Waals surface area contributed by atoms with E-state index in [0.717, 1.165) is 39.0 Å². The summed E-state index contributed by atoms with van der Waals surface area (Å²) < 4.78 is 0. The number of aliphatic carboxylic acids is 1. The Morgan fingerprint density at radius 3 is 2.55 bits per heavy atom. The molecule has 0 atom stereocenters. The van der Waals surface area contributed by atoms with Crippen LogP contribution in [0.1, 0.15) is 32.6 Å². The Morgan fingerprint density at radius 1 is 1.35 bits per heavy atom. The molecule has 0 aromatic heterocycles. The lowest BCUT2D eigenvalue weighted by Gasteiger charge is -2.31. The number of amides is 2. The highest BCUT2D eigenvalue weighted by Gasteiger charge is 2.19. The van der Waals surface area contributed by atoms with E-state index >= 15 is 0 Å². The van der Waals surface area contributed by atoms with E-state index in [-0.39, 0.29) is 12.5 Å². The quantitative estimate of drug-likeness (QED) is 0.738.